The second-order valence-electron chi connectivity index (χ2n) is 5.16. The minimum atomic E-state index is -0.964. The average Bonchev–Trinajstić information content (AvgIpc) is 2.41. The second-order valence-corrected chi connectivity index (χ2v) is 5.16. The number of aliphatic hydroxyl groups is 1. The fourth-order valence-corrected chi connectivity index (χ4v) is 2.52. The van der Waals surface area contributed by atoms with Crippen molar-refractivity contribution in [3.05, 3.63) is 34.9 Å². The van der Waals surface area contributed by atoms with Crippen LogP contribution in [-0.4, -0.2) is 23.5 Å². The van der Waals surface area contributed by atoms with Crippen LogP contribution in [-0.2, 0) is 16.0 Å². The molecule has 1 heterocycles. The average molecular weight is 297 g/mol. The van der Waals surface area contributed by atoms with Crippen molar-refractivity contribution in [3.63, 3.8) is 0 Å². The molecule has 114 valence electrons. The van der Waals surface area contributed by atoms with Crippen molar-refractivity contribution in [3.8, 4) is 0 Å². The molecule has 1 fully saturated rings. The van der Waals surface area contributed by atoms with Crippen LogP contribution in [0, 0.1) is 11.6 Å². The van der Waals surface area contributed by atoms with Gasteiger partial charge in [0.05, 0.1) is 5.92 Å². The number of amides is 2. The van der Waals surface area contributed by atoms with Gasteiger partial charge < -0.3 is 5.11 Å². The summed E-state index contributed by atoms with van der Waals surface area (Å²) in [6.07, 6.45) is 1.85. The molecule has 1 aliphatic rings. The van der Waals surface area contributed by atoms with Gasteiger partial charge in [0, 0.05) is 18.6 Å². The van der Waals surface area contributed by atoms with Crippen LogP contribution in [0.25, 0.3) is 0 Å². The minimum absolute atomic E-state index is 0.0410. The van der Waals surface area contributed by atoms with E-state index in [1.54, 1.807) is 0 Å². The van der Waals surface area contributed by atoms with E-state index in [4.69, 9.17) is 5.11 Å². The molecular formula is C15H17F2NO3. The Labute approximate surface area is 121 Å². The first-order valence-electron chi connectivity index (χ1n) is 6.95. The number of aryl methyl sites for hydroxylation is 1. The molecule has 0 spiro atoms. The Morgan fingerprint density at radius 1 is 1.19 bits per heavy atom. The van der Waals surface area contributed by atoms with Crippen molar-refractivity contribution in [2.75, 3.05) is 6.61 Å². The highest BCUT2D eigenvalue weighted by Crippen LogP contribution is 2.30. The van der Waals surface area contributed by atoms with Crippen LogP contribution in [0.5, 0.6) is 0 Å². The standard InChI is InChI=1S/C15H17F2NO3/c16-11-7-9(3-1-2-6-19)8-12(17)14(11)10-4-5-13(20)18-15(10)21/h7-8,10,19H,1-6H2,(H,18,20,21)/t10-/m1/s1. The molecule has 0 radical (unpaired) electrons. The van der Waals surface area contributed by atoms with E-state index in [0.29, 0.717) is 24.8 Å². The van der Waals surface area contributed by atoms with E-state index in [9.17, 15) is 18.4 Å². The second kappa shape index (κ2) is 6.76. The molecule has 1 atom stereocenters. The summed E-state index contributed by atoms with van der Waals surface area (Å²) in [5.41, 5.74) is 0.223. The van der Waals surface area contributed by atoms with Gasteiger partial charge in [-0.1, -0.05) is 0 Å². The highest BCUT2D eigenvalue weighted by Gasteiger charge is 2.32. The Morgan fingerprint density at radius 3 is 2.43 bits per heavy atom. The van der Waals surface area contributed by atoms with Crippen LogP contribution in [0.4, 0.5) is 8.78 Å². The third-order valence-electron chi connectivity index (χ3n) is 3.60. The summed E-state index contributed by atoms with van der Waals surface area (Å²) in [5, 5.41) is 10.8. The molecule has 0 saturated carbocycles. The molecule has 1 saturated heterocycles. The highest BCUT2D eigenvalue weighted by atomic mass is 19.1. The van der Waals surface area contributed by atoms with E-state index in [2.05, 4.69) is 5.32 Å². The fourth-order valence-electron chi connectivity index (χ4n) is 2.52. The number of imide groups is 1. The largest absolute Gasteiger partial charge is 0.396 e. The predicted molar refractivity (Wildman–Crippen MR) is 71.5 cm³/mol. The van der Waals surface area contributed by atoms with E-state index < -0.39 is 29.4 Å². The molecule has 6 heteroatoms. The molecule has 2 rings (SSSR count). The number of nitrogens with one attached hydrogen (secondary N) is 1. The molecule has 0 aromatic heterocycles. The lowest BCUT2D eigenvalue weighted by Crippen LogP contribution is -2.40. The molecule has 0 bridgehead atoms. The van der Waals surface area contributed by atoms with E-state index in [1.165, 1.54) is 12.1 Å². The third-order valence-corrected chi connectivity index (χ3v) is 3.60. The molecular weight excluding hydrogens is 280 g/mol. The maximum absolute atomic E-state index is 14.1. The van der Waals surface area contributed by atoms with Gasteiger partial charge in [0.1, 0.15) is 11.6 Å². The van der Waals surface area contributed by atoms with Crippen LogP contribution in [0.2, 0.25) is 0 Å². The van der Waals surface area contributed by atoms with Gasteiger partial charge in [-0.2, -0.15) is 0 Å². The normalized spacial score (nSPS) is 18.7. The Balaban J connectivity index is 2.20. The number of carbonyl (C=O) groups is 2. The number of carbonyl (C=O) groups excluding carboxylic acids is 2. The first kappa shape index (κ1) is 15.6. The number of aliphatic hydroxyl groups excluding tert-OH is 1. The van der Waals surface area contributed by atoms with Crippen molar-refractivity contribution in [1.29, 1.82) is 0 Å². The predicted octanol–water partition coefficient (Wildman–Crippen LogP) is 1.80. The lowest BCUT2D eigenvalue weighted by atomic mass is 9.88. The van der Waals surface area contributed by atoms with Crippen LogP contribution < -0.4 is 5.32 Å². The van der Waals surface area contributed by atoms with Gasteiger partial charge in [-0.05, 0) is 43.4 Å². The number of piperidine rings is 1. The Kier molecular flexibility index (Phi) is 5.01. The van der Waals surface area contributed by atoms with Gasteiger partial charge in [-0.15, -0.1) is 0 Å². The van der Waals surface area contributed by atoms with Crippen LogP contribution in [0.1, 0.15) is 42.7 Å². The molecule has 1 aliphatic heterocycles. The number of hydrogen-bond acceptors (Lipinski definition) is 3. The first-order chi connectivity index (χ1) is 10.0. The van der Waals surface area contributed by atoms with Gasteiger partial charge in [-0.3, -0.25) is 14.9 Å². The summed E-state index contributed by atoms with van der Waals surface area (Å²) >= 11 is 0. The highest BCUT2D eigenvalue weighted by molar-refractivity contribution is 6.00. The van der Waals surface area contributed by atoms with E-state index in [0.717, 1.165) is 0 Å². The molecule has 2 N–H and O–H groups in total. The zero-order valence-electron chi connectivity index (χ0n) is 11.5. The molecule has 0 aliphatic carbocycles. The van der Waals surface area contributed by atoms with Crippen molar-refractivity contribution in [2.45, 2.75) is 38.0 Å². The van der Waals surface area contributed by atoms with Crippen LogP contribution >= 0.6 is 0 Å². The van der Waals surface area contributed by atoms with Crippen molar-refractivity contribution in [1.82, 2.24) is 5.32 Å². The number of rotatable bonds is 5. The summed E-state index contributed by atoms with van der Waals surface area (Å²) in [6.45, 7) is 0.0410. The fraction of sp³-hybridized carbons (Fsp3) is 0.467. The molecule has 1 aromatic rings. The number of hydrogen-bond donors (Lipinski definition) is 2. The summed E-state index contributed by atoms with van der Waals surface area (Å²) in [4.78, 5) is 22.8. The zero-order chi connectivity index (χ0) is 15.4. The van der Waals surface area contributed by atoms with E-state index >= 15 is 0 Å². The molecule has 2 amide bonds. The lowest BCUT2D eigenvalue weighted by molar-refractivity contribution is -0.134. The van der Waals surface area contributed by atoms with Crippen molar-refractivity contribution >= 4 is 11.8 Å². The van der Waals surface area contributed by atoms with Crippen molar-refractivity contribution < 1.29 is 23.5 Å². The van der Waals surface area contributed by atoms with Crippen molar-refractivity contribution in [2.24, 2.45) is 0 Å². The lowest BCUT2D eigenvalue weighted by Gasteiger charge is -2.22. The zero-order valence-corrected chi connectivity index (χ0v) is 11.5. The quantitative estimate of drug-likeness (QED) is 0.643. The molecule has 21 heavy (non-hydrogen) atoms. The minimum Gasteiger partial charge on any atom is -0.396 e. The number of benzene rings is 1. The Hall–Kier alpha value is -1.82. The topological polar surface area (TPSA) is 66.4 Å². The van der Waals surface area contributed by atoms with E-state index in [-0.39, 0.29) is 25.0 Å². The monoisotopic (exact) mass is 297 g/mol. The molecule has 1 aromatic carbocycles. The Morgan fingerprint density at radius 2 is 1.86 bits per heavy atom. The molecule has 4 nitrogen and oxygen atoms in total. The Bertz CT molecular complexity index is 537. The SMILES string of the molecule is O=C1CC[C@H](c2c(F)cc(CCCCO)cc2F)C(=O)N1. The summed E-state index contributed by atoms with van der Waals surface area (Å²) < 4.78 is 28.2. The van der Waals surface area contributed by atoms with Gasteiger partial charge >= 0.3 is 0 Å². The summed E-state index contributed by atoms with van der Waals surface area (Å²) in [5.74, 6) is -3.56. The third kappa shape index (κ3) is 3.64. The van der Waals surface area contributed by atoms with Gasteiger partial charge in [-0.25, -0.2) is 8.78 Å². The van der Waals surface area contributed by atoms with Crippen LogP contribution in [0.3, 0.4) is 0 Å². The maximum atomic E-state index is 14.1. The molecule has 0 unspecified atom stereocenters. The van der Waals surface area contributed by atoms with Gasteiger partial charge in [0.15, 0.2) is 0 Å². The number of unbranched alkanes of at least 4 members (excludes halogenated alkanes) is 1. The maximum Gasteiger partial charge on any atom is 0.234 e. The smallest absolute Gasteiger partial charge is 0.234 e. The van der Waals surface area contributed by atoms with E-state index in [1.807, 2.05) is 0 Å². The van der Waals surface area contributed by atoms with Gasteiger partial charge in [0.25, 0.3) is 0 Å². The first-order valence-corrected chi connectivity index (χ1v) is 6.95. The summed E-state index contributed by atoms with van der Waals surface area (Å²) in [7, 11) is 0. The summed E-state index contributed by atoms with van der Waals surface area (Å²) in [6, 6.07) is 2.44. The number of halogens is 2. The van der Waals surface area contributed by atoms with Gasteiger partial charge in [0.2, 0.25) is 11.8 Å². The van der Waals surface area contributed by atoms with Crippen LogP contribution in [0.15, 0.2) is 12.1 Å².